The summed E-state index contributed by atoms with van der Waals surface area (Å²) in [5.41, 5.74) is 5.94. The number of aromatic nitrogens is 1. The van der Waals surface area contributed by atoms with Crippen LogP contribution in [0.3, 0.4) is 0 Å². The van der Waals surface area contributed by atoms with Crippen LogP contribution in [0.2, 0.25) is 0 Å². The van der Waals surface area contributed by atoms with Gasteiger partial charge in [-0.2, -0.15) is 0 Å². The Morgan fingerprint density at radius 1 is 1.04 bits per heavy atom. The van der Waals surface area contributed by atoms with Gasteiger partial charge in [-0.15, -0.1) is 0 Å². The molecule has 3 aromatic rings. The third kappa shape index (κ3) is 2.38. The number of benzene rings is 2. The van der Waals surface area contributed by atoms with Crippen molar-refractivity contribution in [1.82, 2.24) is 4.57 Å². The lowest BCUT2D eigenvalue weighted by atomic mass is 9.93. The van der Waals surface area contributed by atoms with Crippen LogP contribution in [-0.2, 0) is 5.54 Å². The molecular formula is C18H16F2N2O. The Hall–Kier alpha value is -2.69. The Balaban J connectivity index is 2.40. The minimum absolute atomic E-state index is 0.00693. The van der Waals surface area contributed by atoms with Gasteiger partial charge in [-0.25, -0.2) is 8.78 Å². The zero-order valence-electron chi connectivity index (χ0n) is 12.8. The van der Waals surface area contributed by atoms with Gasteiger partial charge in [-0.3, -0.25) is 4.79 Å². The van der Waals surface area contributed by atoms with Crippen molar-refractivity contribution >= 4 is 16.6 Å². The molecule has 0 amide bonds. The lowest BCUT2D eigenvalue weighted by Crippen LogP contribution is -2.30. The topological polar surface area (TPSA) is 48.0 Å². The van der Waals surface area contributed by atoms with Crippen LogP contribution < -0.4 is 11.2 Å². The maximum Gasteiger partial charge on any atom is 0.212 e. The molecule has 2 aromatic carbocycles. The number of rotatable bonds is 2. The van der Waals surface area contributed by atoms with Gasteiger partial charge in [0.1, 0.15) is 0 Å². The average molecular weight is 314 g/mol. The van der Waals surface area contributed by atoms with Crippen molar-refractivity contribution in [1.29, 1.82) is 0 Å². The van der Waals surface area contributed by atoms with E-state index in [1.54, 1.807) is 4.57 Å². The molecule has 0 radical (unpaired) electrons. The predicted molar refractivity (Wildman–Crippen MR) is 87.4 cm³/mol. The molecule has 0 saturated carbocycles. The molecule has 23 heavy (non-hydrogen) atoms. The Morgan fingerprint density at radius 2 is 1.65 bits per heavy atom. The number of pyridine rings is 1. The first-order valence-electron chi connectivity index (χ1n) is 7.18. The summed E-state index contributed by atoms with van der Waals surface area (Å²) < 4.78 is 29.0. The zero-order chi connectivity index (χ0) is 16.8. The molecule has 0 unspecified atom stereocenters. The van der Waals surface area contributed by atoms with Crippen molar-refractivity contribution < 1.29 is 8.78 Å². The molecule has 0 saturated heterocycles. The third-order valence-electron chi connectivity index (χ3n) is 4.16. The van der Waals surface area contributed by atoms with Gasteiger partial charge in [0.2, 0.25) is 5.43 Å². The molecule has 0 bridgehead atoms. The minimum Gasteiger partial charge on any atom is -0.394 e. The molecule has 1 heterocycles. The van der Waals surface area contributed by atoms with E-state index in [1.165, 1.54) is 6.20 Å². The van der Waals surface area contributed by atoms with Gasteiger partial charge >= 0.3 is 0 Å². The summed E-state index contributed by atoms with van der Waals surface area (Å²) >= 11 is 0. The van der Waals surface area contributed by atoms with Crippen molar-refractivity contribution in [2.45, 2.75) is 19.4 Å². The fourth-order valence-corrected chi connectivity index (χ4v) is 2.79. The van der Waals surface area contributed by atoms with Crippen LogP contribution in [0.4, 0.5) is 14.5 Å². The molecule has 0 aliphatic carbocycles. The fraction of sp³-hybridized carbons (Fsp3) is 0.167. The highest BCUT2D eigenvalue weighted by molar-refractivity contribution is 5.82. The smallest absolute Gasteiger partial charge is 0.212 e. The summed E-state index contributed by atoms with van der Waals surface area (Å²) in [6.07, 6.45) is 1.48. The highest BCUT2D eigenvalue weighted by Crippen LogP contribution is 2.30. The molecule has 5 heteroatoms. The quantitative estimate of drug-likeness (QED) is 0.785. The first-order valence-corrected chi connectivity index (χ1v) is 7.18. The van der Waals surface area contributed by atoms with E-state index < -0.39 is 22.6 Å². The first kappa shape index (κ1) is 15.2. The van der Waals surface area contributed by atoms with E-state index in [0.29, 0.717) is 5.52 Å². The summed E-state index contributed by atoms with van der Waals surface area (Å²) in [5.74, 6) is -2.07. The number of hydrogen-bond acceptors (Lipinski definition) is 2. The second-order valence-electron chi connectivity index (χ2n) is 5.99. The fourth-order valence-electron chi connectivity index (χ4n) is 2.79. The number of nitrogens with two attached hydrogens (primary N) is 1. The molecule has 3 nitrogen and oxygen atoms in total. The maximum atomic E-state index is 13.7. The normalized spacial score (nSPS) is 11.8. The second kappa shape index (κ2) is 5.19. The van der Waals surface area contributed by atoms with Crippen molar-refractivity contribution in [3.8, 4) is 0 Å². The van der Waals surface area contributed by atoms with E-state index >= 15 is 0 Å². The van der Waals surface area contributed by atoms with Crippen LogP contribution in [0, 0.1) is 11.6 Å². The van der Waals surface area contributed by atoms with Gasteiger partial charge in [-0.1, -0.05) is 30.3 Å². The van der Waals surface area contributed by atoms with E-state index in [1.807, 2.05) is 44.2 Å². The van der Waals surface area contributed by atoms with E-state index in [9.17, 15) is 13.6 Å². The molecule has 118 valence electrons. The van der Waals surface area contributed by atoms with Gasteiger partial charge in [0.25, 0.3) is 0 Å². The Bertz CT molecular complexity index is 947. The summed E-state index contributed by atoms with van der Waals surface area (Å²) in [7, 11) is 0. The SMILES string of the molecule is CC(C)(c1ccccc1)n1cc(N)c(=O)c2cc(F)c(F)cc21. The number of halogens is 2. The van der Waals surface area contributed by atoms with E-state index in [-0.39, 0.29) is 11.1 Å². The van der Waals surface area contributed by atoms with Crippen molar-refractivity contribution in [2.75, 3.05) is 5.73 Å². The molecular weight excluding hydrogens is 298 g/mol. The second-order valence-corrected chi connectivity index (χ2v) is 5.99. The van der Waals surface area contributed by atoms with Gasteiger partial charge in [-0.05, 0) is 25.5 Å². The molecule has 0 aliphatic rings. The number of nitrogens with zero attached hydrogens (tertiary/aromatic N) is 1. The summed E-state index contributed by atoms with van der Waals surface area (Å²) in [4.78, 5) is 12.2. The molecule has 3 rings (SSSR count). The molecule has 0 fully saturated rings. The monoisotopic (exact) mass is 314 g/mol. The van der Waals surface area contributed by atoms with Gasteiger partial charge in [0, 0.05) is 12.3 Å². The van der Waals surface area contributed by atoms with Crippen molar-refractivity contribution in [2.24, 2.45) is 0 Å². The molecule has 2 N–H and O–H groups in total. The summed E-state index contributed by atoms with van der Waals surface area (Å²) in [6, 6.07) is 11.5. The van der Waals surface area contributed by atoms with E-state index in [2.05, 4.69) is 0 Å². The molecule has 0 aliphatic heterocycles. The van der Waals surface area contributed by atoms with Gasteiger partial charge < -0.3 is 10.3 Å². The van der Waals surface area contributed by atoms with Crippen LogP contribution in [0.5, 0.6) is 0 Å². The number of anilines is 1. The highest BCUT2D eigenvalue weighted by atomic mass is 19.2. The van der Waals surface area contributed by atoms with Crippen molar-refractivity contribution in [3.63, 3.8) is 0 Å². The number of nitrogen functional groups attached to an aromatic ring is 1. The van der Waals surface area contributed by atoms with Crippen LogP contribution in [-0.4, -0.2) is 4.57 Å². The maximum absolute atomic E-state index is 13.7. The number of hydrogen-bond donors (Lipinski definition) is 1. The third-order valence-corrected chi connectivity index (χ3v) is 4.16. The zero-order valence-corrected chi connectivity index (χ0v) is 12.8. The summed E-state index contributed by atoms with van der Waals surface area (Å²) in [5, 5.41) is 0.0629. The predicted octanol–water partition coefficient (Wildman–Crippen LogP) is 3.65. The first-order chi connectivity index (χ1) is 10.8. The van der Waals surface area contributed by atoms with E-state index in [4.69, 9.17) is 5.73 Å². The Kier molecular flexibility index (Phi) is 3.43. The van der Waals surface area contributed by atoms with Gasteiger partial charge in [0.05, 0.1) is 22.1 Å². The largest absolute Gasteiger partial charge is 0.394 e. The highest BCUT2D eigenvalue weighted by Gasteiger charge is 2.25. The van der Waals surface area contributed by atoms with E-state index in [0.717, 1.165) is 17.7 Å². The lowest BCUT2D eigenvalue weighted by molar-refractivity contribution is 0.447. The summed E-state index contributed by atoms with van der Waals surface area (Å²) in [6.45, 7) is 3.85. The Morgan fingerprint density at radius 3 is 2.30 bits per heavy atom. The molecule has 0 spiro atoms. The van der Waals surface area contributed by atoms with Crippen LogP contribution in [0.15, 0.2) is 53.5 Å². The molecule has 0 atom stereocenters. The molecule has 1 aromatic heterocycles. The number of fused-ring (bicyclic) bond motifs is 1. The average Bonchev–Trinajstić information content (AvgIpc) is 2.53. The van der Waals surface area contributed by atoms with Gasteiger partial charge in [0.15, 0.2) is 11.6 Å². The van der Waals surface area contributed by atoms with Crippen LogP contribution >= 0.6 is 0 Å². The van der Waals surface area contributed by atoms with Crippen molar-refractivity contribution in [3.05, 3.63) is 76.1 Å². The Labute approximate surface area is 132 Å². The minimum atomic E-state index is -1.07. The lowest BCUT2D eigenvalue weighted by Gasteiger charge is -2.31. The standard InChI is InChI=1S/C18H16F2N2O/c1-18(2,11-6-4-3-5-7-11)22-10-15(21)17(23)12-8-13(19)14(20)9-16(12)22/h3-10H,21H2,1-2H3. The van der Waals surface area contributed by atoms with Crippen LogP contribution in [0.25, 0.3) is 10.9 Å². The van der Waals surface area contributed by atoms with Crippen LogP contribution in [0.1, 0.15) is 19.4 Å².